The molecule has 0 aliphatic heterocycles. The van der Waals surface area contributed by atoms with E-state index in [0.717, 1.165) is 22.9 Å². The molecule has 0 bridgehead atoms. The molecule has 1 unspecified atom stereocenters. The zero-order valence-corrected chi connectivity index (χ0v) is 14.1. The lowest BCUT2D eigenvalue weighted by atomic mass is 9.90. The topological polar surface area (TPSA) is 68.3 Å². The number of pyridine rings is 1. The first-order valence-electron chi connectivity index (χ1n) is 7.49. The first-order chi connectivity index (χ1) is 10.6. The largest absolute Gasteiger partial charge is 0.444 e. The maximum atomic E-state index is 12.1. The molecule has 23 heavy (non-hydrogen) atoms. The van der Waals surface area contributed by atoms with Crippen molar-refractivity contribution in [3.8, 4) is 0 Å². The minimum atomic E-state index is -1.20. The Hall–Kier alpha value is -2.43. The van der Waals surface area contributed by atoms with Gasteiger partial charge in [-0.2, -0.15) is 0 Å². The molecule has 0 aliphatic rings. The summed E-state index contributed by atoms with van der Waals surface area (Å²) in [6.45, 7) is 8.84. The van der Waals surface area contributed by atoms with Crippen LogP contribution < -0.4 is 5.32 Å². The molecular weight excluding hydrogens is 292 g/mol. The van der Waals surface area contributed by atoms with Crippen LogP contribution in [0.2, 0.25) is 0 Å². The number of hydrogen-bond donors (Lipinski definition) is 1. The highest BCUT2D eigenvalue weighted by molar-refractivity contribution is 5.89. The average molecular weight is 314 g/mol. The summed E-state index contributed by atoms with van der Waals surface area (Å²) in [5.41, 5.74) is 0.417. The van der Waals surface area contributed by atoms with Crippen molar-refractivity contribution in [2.75, 3.05) is 0 Å². The van der Waals surface area contributed by atoms with Gasteiger partial charge in [0, 0.05) is 11.1 Å². The Morgan fingerprint density at radius 3 is 2.48 bits per heavy atom. The number of aromatic nitrogens is 1. The fourth-order valence-electron chi connectivity index (χ4n) is 2.41. The zero-order chi connectivity index (χ0) is 17.3. The van der Waals surface area contributed by atoms with Crippen molar-refractivity contribution >= 4 is 23.3 Å². The Kier molecular flexibility index (Phi) is 4.41. The Morgan fingerprint density at radius 2 is 1.87 bits per heavy atom. The third-order valence-corrected chi connectivity index (χ3v) is 3.40. The lowest BCUT2D eigenvalue weighted by molar-refractivity contribution is -0.113. The van der Waals surface area contributed by atoms with E-state index >= 15 is 0 Å². The molecule has 1 N–H and O–H groups in total. The number of carbonyl (C=O) groups excluding carboxylic acids is 2. The summed E-state index contributed by atoms with van der Waals surface area (Å²) in [5, 5.41) is 3.50. The summed E-state index contributed by atoms with van der Waals surface area (Å²) in [4.78, 5) is 28.4. The normalized spacial score (nSPS) is 14.1. The van der Waals surface area contributed by atoms with Gasteiger partial charge in [0.25, 0.3) is 0 Å². The molecule has 0 radical (unpaired) electrons. The molecule has 2 rings (SSSR count). The summed E-state index contributed by atoms with van der Waals surface area (Å²) in [7, 11) is 0. The molecule has 0 saturated carbocycles. The van der Waals surface area contributed by atoms with Crippen LogP contribution in [-0.4, -0.2) is 23.0 Å². The highest BCUT2D eigenvalue weighted by atomic mass is 16.6. The quantitative estimate of drug-likeness (QED) is 0.881. The van der Waals surface area contributed by atoms with Gasteiger partial charge in [-0.05, 0) is 52.3 Å². The smallest absolute Gasteiger partial charge is 0.408 e. The molecule has 2 aromatic rings. The summed E-state index contributed by atoms with van der Waals surface area (Å²) in [5.74, 6) is 0. The van der Waals surface area contributed by atoms with Crippen molar-refractivity contribution in [2.24, 2.45) is 0 Å². The predicted octanol–water partition coefficient (Wildman–Crippen LogP) is 3.48. The number of aryl methyl sites for hydroxylation is 1. The maximum absolute atomic E-state index is 12.1. The van der Waals surface area contributed by atoms with Crippen LogP contribution in [0.5, 0.6) is 0 Å². The Balaban J connectivity index is 2.48. The molecule has 1 aromatic heterocycles. The van der Waals surface area contributed by atoms with Crippen LogP contribution in [0.15, 0.2) is 30.3 Å². The van der Waals surface area contributed by atoms with E-state index in [1.807, 2.05) is 37.3 Å². The van der Waals surface area contributed by atoms with Gasteiger partial charge in [-0.15, -0.1) is 0 Å². The van der Waals surface area contributed by atoms with Crippen molar-refractivity contribution in [3.05, 3.63) is 41.6 Å². The van der Waals surface area contributed by atoms with Crippen molar-refractivity contribution < 1.29 is 14.3 Å². The number of nitrogens with one attached hydrogen (secondary N) is 1. The van der Waals surface area contributed by atoms with Crippen molar-refractivity contribution in [2.45, 2.75) is 45.8 Å². The fourth-order valence-corrected chi connectivity index (χ4v) is 2.41. The van der Waals surface area contributed by atoms with Crippen molar-refractivity contribution in [3.63, 3.8) is 0 Å². The third-order valence-electron chi connectivity index (χ3n) is 3.40. The molecule has 0 saturated heterocycles. The van der Waals surface area contributed by atoms with E-state index in [2.05, 4.69) is 10.3 Å². The Morgan fingerprint density at radius 1 is 1.22 bits per heavy atom. The Bertz CT molecular complexity index is 750. The van der Waals surface area contributed by atoms with Crippen LogP contribution in [0.3, 0.4) is 0 Å². The van der Waals surface area contributed by atoms with Gasteiger partial charge in [0.1, 0.15) is 17.4 Å². The number of benzene rings is 1. The van der Waals surface area contributed by atoms with Crippen LogP contribution in [0, 0.1) is 6.92 Å². The van der Waals surface area contributed by atoms with Gasteiger partial charge >= 0.3 is 6.09 Å². The summed E-state index contributed by atoms with van der Waals surface area (Å²) >= 11 is 0. The lowest BCUT2D eigenvalue weighted by Crippen LogP contribution is -2.47. The number of nitrogens with zero attached hydrogens (tertiary/aromatic N) is 1. The van der Waals surface area contributed by atoms with Gasteiger partial charge in [-0.3, -0.25) is 4.98 Å². The van der Waals surface area contributed by atoms with Crippen molar-refractivity contribution in [1.82, 2.24) is 10.3 Å². The highest BCUT2D eigenvalue weighted by Crippen LogP contribution is 2.28. The summed E-state index contributed by atoms with van der Waals surface area (Å²) in [6.07, 6.45) is 0.0867. The number of ether oxygens (including phenoxy) is 1. The van der Waals surface area contributed by atoms with Gasteiger partial charge in [-0.1, -0.05) is 18.2 Å². The fraction of sp³-hybridized carbons (Fsp3) is 0.389. The van der Waals surface area contributed by atoms with Crippen LogP contribution in [-0.2, 0) is 15.1 Å². The van der Waals surface area contributed by atoms with Crippen LogP contribution >= 0.6 is 0 Å². The Labute approximate surface area is 136 Å². The molecule has 5 heteroatoms. The first kappa shape index (κ1) is 16.9. The number of fused-ring (bicyclic) bond motifs is 1. The molecule has 122 valence electrons. The van der Waals surface area contributed by atoms with Crippen molar-refractivity contribution in [1.29, 1.82) is 0 Å². The molecule has 5 nitrogen and oxygen atoms in total. The molecule has 1 aromatic carbocycles. The molecule has 0 aliphatic carbocycles. The van der Waals surface area contributed by atoms with Gasteiger partial charge in [-0.25, -0.2) is 4.79 Å². The summed E-state index contributed by atoms with van der Waals surface area (Å²) < 4.78 is 5.27. The van der Waals surface area contributed by atoms with Crippen LogP contribution in [0.25, 0.3) is 10.9 Å². The molecule has 0 spiro atoms. The van der Waals surface area contributed by atoms with E-state index in [1.54, 1.807) is 27.7 Å². The average Bonchev–Trinajstić information content (AvgIpc) is 2.44. The summed E-state index contributed by atoms with van der Waals surface area (Å²) in [6, 6.07) is 9.34. The number of para-hydroxylation sites is 1. The number of carbonyl (C=O) groups is 2. The number of alkyl carbamates (subject to hydrolysis) is 1. The minimum Gasteiger partial charge on any atom is -0.444 e. The predicted molar refractivity (Wildman–Crippen MR) is 89.3 cm³/mol. The number of amides is 1. The van der Waals surface area contributed by atoms with E-state index in [-0.39, 0.29) is 0 Å². The van der Waals surface area contributed by atoms with Gasteiger partial charge in [0.15, 0.2) is 0 Å². The van der Waals surface area contributed by atoms with Crippen LogP contribution in [0.4, 0.5) is 4.79 Å². The van der Waals surface area contributed by atoms with Gasteiger partial charge in [0.2, 0.25) is 0 Å². The SMILES string of the molecule is Cc1cc(C(C)(C=O)NC(=O)OC(C)(C)C)c2ccccc2n1. The molecule has 1 heterocycles. The van der Waals surface area contributed by atoms with Gasteiger partial charge < -0.3 is 14.8 Å². The molecule has 0 fully saturated rings. The zero-order valence-electron chi connectivity index (χ0n) is 14.1. The second-order valence-electron chi connectivity index (χ2n) is 6.78. The van der Waals surface area contributed by atoms with Crippen LogP contribution in [0.1, 0.15) is 39.0 Å². The number of aldehydes is 1. The highest BCUT2D eigenvalue weighted by Gasteiger charge is 2.32. The number of rotatable bonds is 3. The maximum Gasteiger partial charge on any atom is 0.408 e. The minimum absolute atomic E-state index is 0.634. The molecular formula is C18H22N2O3. The third kappa shape index (κ3) is 3.86. The lowest BCUT2D eigenvalue weighted by Gasteiger charge is -2.29. The standard InChI is InChI=1S/C18H22N2O3/c1-12-10-14(13-8-6-7-9-15(13)19-12)18(5,11-21)20-16(22)23-17(2,3)4/h6-11H,1-5H3,(H,20,22). The van der Waals surface area contributed by atoms with E-state index in [4.69, 9.17) is 4.74 Å². The molecule has 1 atom stereocenters. The van der Waals surface area contributed by atoms with E-state index < -0.39 is 17.2 Å². The van der Waals surface area contributed by atoms with Gasteiger partial charge in [0.05, 0.1) is 5.52 Å². The monoisotopic (exact) mass is 314 g/mol. The second kappa shape index (κ2) is 5.99. The van der Waals surface area contributed by atoms with E-state index in [9.17, 15) is 9.59 Å². The number of hydrogen-bond acceptors (Lipinski definition) is 4. The second-order valence-corrected chi connectivity index (χ2v) is 6.78. The van der Waals surface area contributed by atoms with E-state index in [0.29, 0.717) is 5.56 Å². The molecule has 1 amide bonds. The van der Waals surface area contributed by atoms with E-state index in [1.165, 1.54) is 0 Å². The first-order valence-corrected chi connectivity index (χ1v) is 7.49.